The Bertz CT molecular complexity index is 626. The SMILES string of the molecule is Cc1nc2scc(C)n2c1CNCCNC(=O)C1CC1. The molecule has 2 aromatic rings. The summed E-state index contributed by atoms with van der Waals surface area (Å²) in [5.41, 5.74) is 3.52. The van der Waals surface area contributed by atoms with E-state index >= 15 is 0 Å². The topological polar surface area (TPSA) is 58.4 Å². The van der Waals surface area contributed by atoms with E-state index in [0.29, 0.717) is 12.5 Å². The molecular weight excluding hydrogens is 272 g/mol. The van der Waals surface area contributed by atoms with Crippen molar-refractivity contribution >= 4 is 22.2 Å². The lowest BCUT2D eigenvalue weighted by Crippen LogP contribution is -2.32. The van der Waals surface area contributed by atoms with Gasteiger partial charge in [-0.2, -0.15) is 0 Å². The van der Waals surface area contributed by atoms with Gasteiger partial charge in [-0.1, -0.05) is 0 Å². The first-order valence-corrected chi connectivity index (χ1v) is 7.95. The van der Waals surface area contributed by atoms with E-state index in [-0.39, 0.29) is 5.91 Å². The summed E-state index contributed by atoms with van der Waals surface area (Å²) in [6.07, 6.45) is 2.12. The molecule has 0 aromatic carbocycles. The second-order valence-corrected chi connectivity index (χ2v) is 6.22. The lowest BCUT2D eigenvalue weighted by molar-refractivity contribution is -0.122. The predicted molar refractivity (Wildman–Crippen MR) is 80.0 cm³/mol. The number of aryl methyl sites for hydroxylation is 2. The van der Waals surface area contributed by atoms with Crippen LogP contribution < -0.4 is 10.6 Å². The number of hydrogen-bond acceptors (Lipinski definition) is 4. The minimum atomic E-state index is 0.211. The maximum absolute atomic E-state index is 11.5. The molecule has 1 amide bonds. The monoisotopic (exact) mass is 292 g/mol. The van der Waals surface area contributed by atoms with Crippen LogP contribution >= 0.6 is 11.3 Å². The summed E-state index contributed by atoms with van der Waals surface area (Å²) in [4.78, 5) is 17.1. The van der Waals surface area contributed by atoms with Gasteiger partial charge in [-0.05, 0) is 26.7 Å². The average molecular weight is 292 g/mol. The Morgan fingerprint density at radius 1 is 1.45 bits per heavy atom. The van der Waals surface area contributed by atoms with Crippen LogP contribution in [-0.2, 0) is 11.3 Å². The molecule has 2 N–H and O–H groups in total. The Balaban J connectivity index is 1.50. The summed E-state index contributed by atoms with van der Waals surface area (Å²) >= 11 is 1.67. The minimum Gasteiger partial charge on any atom is -0.355 e. The zero-order valence-electron chi connectivity index (χ0n) is 11.9. The van der Waals surface area contributed by atoms with E-state index in [0.717, 1.165) is 36.6 Å². The molecule has 0 atom stereocenters. The number of carbonyl (C=O) groups excluding carboxylic acids is 1. The largest absolute Gasteiger partial charge is 0.355 e. The number of fused-ring (bicyclic) bond motifs is 1. The first-order chi connectivity index (χ1) is 9.66. The highest BCUT2D eigenvalue weighted by Crippen LogP contribution is 2.28. The zero-order valence-corrected chi connectivity index (χ0v) is 12.7. The van der Waals surface area contributed by atoms with Gasteiger partial charge in [0.25, 0.3) is 0 Å². The number of nitrogens with one attached hydrogen (secondary N) is 2. The molecule has 0 unspecified atom stereocenters. The van der Waals surface area contributed by atoms with E-state index in [9.17, 15) is 4.79 Å². The zero-order chi connectivity index (χ0) is 14.1. The predicted octanol–water partition coefficient (Wildman–Crippen LogP) is 1.63. The van der Waals surface area contributed by atoms with Crippen molar-refractivity contribution in [2.45, 2.75) is 33.2 Å². The third-order valence-electron chi connectivity index (χ3n) is 3.67. The van der Waals surface area contributed by atoms with E-state index < -0.39 is 0 Å². The van der Waals surface area contributed by atoms with E-state index in [4.69, 9.17) is 0 Å². The summed E-state index contributed by atoms with van der Waals surface area (Å²) in [7, 11) is 0. The number of rotatable bonds is 6. The standard InChI is InChI=1S/C14H20N4OS/c1-9-8-20-14-17-10(2)12(18(9)14)7-15-5-6-16-13(19)11-3-4-11/h8,11,15H,3-7H2,1-2H3,(H,16,19). The van der Waals surface area contributed by atoms with Gasteiger partial charge in [0.2, 0.25) is 5.91 Å². The van der Waals surface area contributed by atoms with Crippen LogP contribution in [0.1, 0.15) is 29.9 Å². The van der Waals surface area contributed by atoms with E-state index in [1.54, 1.807) is 11.3 Å². The molecule has 20 heavy (non-hydrogen) atoms. The molecular formula is C14H20N4OS. The highest BCUT2D eigenvalue weighted by molar-refractivity contribution is 7.15. The van der Waals surface area contributed by atoms with Crippen molar-refractivity contribution < 1.29 is 4.79 Å². The Kier molecular flexibility index (Phi) is 3.76. The number of aromatic nitrogens is 2. The van der Waals surface area contributed by atoms with E-state index in [2.05, 4.69) is 32.3 Å². The van der Waals surface area contributed by atoms with Crippen molar-refractivity contribution in [1.82, 2.24) is 20.0 Å². The fourth-order valence-corrected chi connectivity index (χ4v) is 3.28. The number of amides is 1. The van der Waals surface area contributed by atoms with Crippen LogP contribution in [0.15, 0.2) is 5.38 Å². The van der Waals surface area contributed by atoms with Crippen LogP contribution in [-0.4, -0.2) is 28.4 Å². The second kappa shape index (κ2) is 5.54. The highest BCUT2D eigenvalue weighted by atomic mass is 32.1. The molecule has 0 radical (unpaired) electrons. The van der Waals surface area contributed by atoms with Crippen LogP contribution in [0, 0.1) is 19.8 Å². The number of imidazole rings is 1. The Morgan fingerprint density at radius 2 is 2.25 bits per heavy atom. The van der Waals surface area contributed by atoms with Crippen LogP contribution in [0.4, 0.5) is 0 Å². The number of carbonyl (C=O) groups is 1. The second-order valence-electron chi connectivity index (χ2n) is 5.38. The average Bonchev–Trinajstić information content (AvgIpc) is 3.15. The number of hydrogen-bond donors (Lipinski definition) is 2. The van der Waals surface area contributed by atoms with Gasteiger partial charge in [0, 0.05) is 36.6 Å². The van der Waals surface area contributed by atoms with Gasteiger partial charge < -0.3 is 10.6 Å². The molecule has 0 spiro atoms. The number of thiazole rings is 1. The normalized spacial score (nSPS) is 14.9. The van der Waals surface area contributed by atoms with Crippen molar-refractivity contribution in [3.05, 3.63) is 22.5 Å². The Hall–Kier alpha value is -1.40. The van der Waals surface area contributed by atoms with Gasteiger partial charge in [0.1, 0.15) is 0 Å². The van der Waals surface area contributed by atoms with Gasteiger partial charge in [0.05, 0.1) is 11.4 Å². The molecule has 2 aromatic heterocycles. The van der Waals surface area contributed by atoms with Crippen molar-refractivity contribution in [2.24, 2.45) is 5.92 Å². The molecule has 0 saturated heterocycles. The summed E-state index contributed by atoms with van der Waals surface area (Å²) in [5, 5.41) is 8.47. The molecule has 0 aliphatic heterocycles. The summed E-state index contributed by atoms with van der Waals surface area (Å²) < 4.78 is 2.20. The highest BCUT2D eigenvalue weighted by Gasteiger charge is 2.28. The maximum Gasteiger partial charge on any atom is 0.223 e. The molecule has 108 valence electrons. The first-order valence-electron chi connectivity index (χ1n) is 7.07. The molecule has 5 nitrogen and oxygen atoms in total. The molecule has 3 rings (SSSR count). The van der Waals surface area contributed by atoms with Gasteiger partial charge in [-0.15, -0.1) is 11.3 Å². The van der Waals surface area contributed by atoms with Crippen molar-refractivity contribution in [2.75, 3.05) is 13.1 Å². The molecule has 0 bridgehead atoms. The third kappa shape index (κ3) is 2.71. The van der Waals surface area contributed by atoms with Crippen molar-refractivity contribution in [3.8, 4) is 0 Å². The quantitative estimate of drug-likeness (QED) is 0.796. The van der Waals surface area contributed by atoms with Gasteiger partial charge in [-0.3, -0.25) is 9.20 Å². The van der Waals surface area contributed by atoms with Crippen molar-refractivity contribution in [3.63, 3.8) is 0 Å². The van der Waals surface area contributed by atoms with Gasteiger partial charge in [-0.25, -0.2) is 4.98 Å². The molecule has 6 heteroatoms. The summed E-state index contributed by atoms with van der Waals surface area (Å²) in [6, 6.07) is 0. The van der Waals surface area contributed by atoms with Crippen LogP contribution in [0.5, 0.6) is 0 Å². The Morgan fingerprint density at radius 3 is 3.00 bits per heavy atom. The van der Waals surface area contributed by atoms with Gasteiger partial charge >= 0.3 is 0 Å². The van der Waals surface area contributed by atoms with Crippen molar-refractivity contribution in [1.29, 1.82) is 0 Å². The molecule has 1 aliphatic rings. The Labute approximate surface area is 122 Å². The minimum absolute atomic E-state index is 0.211. The lowest BCUT2D eigenvalue weighted by atomic mass is 10.3. The fraction of sp³-hybridized carbons (Fsp3) is 0.571. The molecule has 1 saturated carbocycles. The molecule has 2 heterocycles. The maximum atomic E-state index is 11.5. The van der Waals surface area contributed by atoms with E-state index in [1.807, 2.05) is 6.92 Å². The lowest BCUT2D eigenvalue weighted by Gasteiger charge is -2.07. The third-order valence-corrected chi connectivity index (χ3v) is 4.62. The summed E-state index contributed by atoms with van der Waals surface area (Å²) in [5.74, 6) is 0.503. The smallest absolute Gasteiger partial charge is 0.223 e. The van der Waals surface area contributed by atoms with Crippen LogP contribution in [0.25, 0.3) is 4.96 Å². The summed E-state index contributed by atoms with van der Waals surface area (Å²) in [6.45, 7) is 6.41. The number of nitrogens with zero attached hydrogens (tertiary/aromatic N) is 2. The fourth-order valence-electron chi connectivity index (χ4n) is 2.35. The molecule has 1 fully saturated rings. The van der Waals surface area contributed by atoms with Gasteiger partial charge in [0.15, 0.2) is 4.96 Å². The first kappa shape index (κ1) is 13.6. The van der Waals surface area contributed by atoms with Crippen LogP contribution in [0.2, 0.25) is 0 Å². The van der Waals surface area contributed by atoms with E-state index in [1.165, 1.54) is 11.4 Å². The van der Waals surface area contributed by atoms with Crippen LogP contribution in [0.3, 0.4) is 0 Å². The molecule has 1 aliphatic carbocycles.